The van der Waals surface area contributed by atoms with Gasteiger partial charge in [0.15, 0.2) is 0 Å². The average Bonchev–Trinajstić information content (AvgIpc) is 2.57. The minimum absolute atomic E-state index is 0.122. The van der Waals surface area contributed by atoms with Crippen molar-refractivity contribution in [1.29, 1.82) is 0 Å². The minimum Gasteiger partial charge on any atom is -0.478 e. The van der Waals surface area contributed by atoms with Crippen LogP contribution in [0.15, 0.2) is 18.2 Å². The van der Waals surface area contributed by atoms with E-state index in [1.165, 1.54) is 0 Å². The van der Waals surface area contributed by atoms with Gasteiger partial charge in [-0.15, -0.1) is 0 Å². The number of anilines is 2. The fraction of sp³-hybridized carbons (Fsp3) is 0.462. The summed E-state index contributed by atoms with van der Waals surface area (Å²) in [5.74, 6) is -0.977. The van der Waals surface area contributed by atoms with Crippen molar-refractivity contribution in [2.75, 3.05) is 17.2 Å². The van der Waals surface area contributed by atoms with E-state index < -0.39 is 5.97 Å². The summed E-state index contributed by atoms with van der Waals surface area (Å²) in [6, 6.07) is 5.19. The lowest BCUT2D eigenvalue weighted by molar-refractivity contribution is 0.0698. The zero-order valence-corrected chi connectivity index (χ0v) is 10.2. The molecule has 0 aromatic heterocycles. The molecule has 1 aliphatic heterocycles. The number of hydrogen-bond acceptors (Lipinski definition) is 3. The molecule has 0 atom stereocenters. The van der Waals surface area contributed by atoms with E-state index in [1.807, 2.05) is 6.07 Å². The molecule has 2 rings (SSSR count). The molecule has 0 amide bonds. The predicted octanol–water partition coefficient (Wildman–Crippen LogP) is 2.35. The number of benzene rings is 1. The van der Waals surface area contributed by atoms with Gasteiger partial charge in [-0.05, 0) is 44.9 Å². The maximum atomic E-state index is 10.9. The first-order valence-corrected chi connectivity index (χ1v) is 5.82. The molecule has 1 saturated heterocycles. The van der Waals surface area contributed by atoms with Crippen molar-refractivity contribution in [2.45, 2.75) is 32.2 Å². The lowest BCUT2D eigenvalue weighted by Gasteiger charge is -2.34. The Morgan fingerprint density at radius 1 is 1.47 bits per heavy atom. The molecule has 1 aromatic rings. The quantitative estimate of drug-likeness (QED) is 0.771. The monoisotopic (exact) mass is 234 g/mol. The van der Waals surface area contributed by atoms with E-state index in [9.17, 15) is 4.79 Å². The second-order valence-electron chi connectivity index (χ2n) is 5.14. The van der Waals surface area contributed by atoms with Crippen LogP contribution in [-0.4, -0.2) is 23.2 Å². The van der Waals surface area contributed by atoms with Gasteiger partial charge in [-0.3, -0.25) is 0 Å². The van der Waals surface area contributed by atoms with Crippen LogP contribution in [0.5, 0.6) is 0 Å². The number of nitrogens with two attached hydrogens (primary N) is 1. The number of hydrogen-bond donors (Lipinski definition) is 2. The third-order valence-electron chi connectivity index (χ3n) is 3.48. The fourth-order valence-electron chi connectivity index (χ4n) is 2.50. The number of nitrogens with zero attached hydrogens (tertiary/aromatic N) is 1. The molecule has 4 nitrogen and oxygen atoms in total. The highest BCUT2D eigenvalue weighted by Gasteiger charge is 2.32. The van der Waals surface area contributed by atoms with Crippen LogP contribution in [0.1, 0.15) is 37.0 Å². The standard InChI is InChI=1S/C13H18N2O2/c1-13(2)6-3-7-15(13)9-4-5-10(12(16)17)11(14)8-9/h4-5,8H,3,6-7,14H2,1-2H3,(H,16,17). The molecule has 92 valence electrons. The number of nitrogen functional groups attached to an aromatic ring is 1. The van der Waals surface area contributed by atoms with Crippen LogP contribution in [0.3, 0.4) is 0 Å². The summed E-state index contributed by atoms with van der Waals surface area (Å²) < 4.78 is 0. The maximum Gasteiger partial charge on any atom is 0.337 e. The Morgan fingerprint density at radius 2 is 2.18 bits per heavy atom. The van der Waals surface area contributed by atoms with E-state index in [-0.39, 0.29) is 11.1 Å². The zero-order valence-electron chi connectivity index (χ0n) is 10.2. The normalized spacial score (nSPS) is 18.4. The average molecular weight is 234 g/mol. The van der Waals surface area contributed by atoms with E-state index >= 15 is 0 Å². The Balaban J connectivity index is 2.35. The van der Waals surface area contributed by atoms with E-state index in [0.29, 0.717) is 5.69 Å². The molecular formula is C13H18N2O2. The Morgan fingerprint density at radius 3 is 2.65 bits per heavy atom. The summed E-state index contributed by atoms with van der Waals surface area (Å²) in [4.78, 5) is 13.2. The SMILES string of the molecule is CC1(C)CCCN1c1ccc(C(=O)O)c(N)c1. The zero-order chi connectivity index (χ0) is 12.6. The molecule has 0 radical (unpaired) electrons. The van der Waals surface area contributed by atoms with Crippen LogP contribution in [0.25, 0.3) is 0 Å². The highest BCUT2D eigenvalue weighted by Crippen LogP contribution is 2.34. The first kappa shape index (κ1) is 11.8. The van der Waals surface area contributed by atoms with Crippen molar-refractivity contribution in [3.05, 3.63) is 23.8 Å². The van der Waals surface area contributed by atoms with Crippen LogP contribution in [0.4, 0.5) is 11.4 Å². The largest absolute Gasteiger partial charge is 0.478 e. The summed E-state index contributed by atoms with van der Waals surface area (Å²) in [7, 11) is 0. The third kappa shape index (κ3) is 2.07. The molecule has 17 heavy (non-hydrogen) atoms. The van der Waals surface area contributed by atoms with Crippen LogP contribution in [0.2, 0.25) is 0 Å². The predicted molar refractivity (Wildman–Crippen MR) is 68.5 cm³/mol. The van der Waals surface area contributed by atoms with E-state index in [4.69, 9.17) is 10.8 Å². The molecule has 0 saturated carbocycles. The van der Waals surface area contributed by atoms with Crippen molar-refractivity contribution < 1.29 is 9.90 Å². The van der Waals surface area contributed by atoms with Crippen molar-refractivity contribution in [2.24, 2.45) is 0 Å². The van der Waals surface area contributed by atoms with E-state index in [1.54, 1.807) is 12.1 Å². The van der Waals surface area contributed by atoms with E-state index in [0.717, 1.165) is 25.1 Å². The molecule has 1 heterocycles. The summed E-state index contributed by atoms with van der Waals surface area (Å²) in [5, 5.41) is 8.93. The van der Waals surface area contributed by atoms with E-state index in [2.05, 4.69) is 18.7 Å². The number of aromatic carboxylic acids is 1. The molecule has 1 aliphatic rings. The fourth-order valence-corrected chi connectivity index (χ4v) is 2.50. The first-order chi connectivity index (χ1) is 7.92. The number of carboxylic acids is 1. The molecule has 0 aliphatic carbocycles. The van der Waals surface area contributed by atoms with Crippen LogP contribution in [-0.2, 0) is 0 Å². The Kier molecular flexibility index (Phi) is 2.73. The maximum absolute atomic E-state index is 10.9. The van der Waals surface area contributed by atoms with Crippen molar-refractivity contribution in [3.63, 3.8) is 0 Å². The Labute approximate surface area is 101 Å². The molecular weight excluding hydrogens is 216 g/mol. The summed E-state index contributed by atoms with van der Waals surface area (Å²) in [6.45, 7) is 5.39. The number of carboxylic acid groups (broad SMARTS) is 1. The number of carbonyl (C=O) groups is 1. The van der Waals surface area contributed by atoms with Crippen LogP contribution in [0, 0.1) is 0 Å². The van der Waals surface area contributed by atoms with Crippen LogP contribution < -0.4 is 10.6 Å². The lowest BCUT2D eigenvalue weighted by atomic mass is 10.0. The summed E-state index contributed by atoms with van der Waals surface area (Å²) >= 11 is 0. The van der Waals surface area contributed by atoms with Gasteiger partial charge < -0.3 is 15.7 Å². The van der Waals surface area contributed by atoms with Gasteiger partial charge in [0, 0.05) is 23.5 Å². The van der Waals surface area contributed by atoms with Gasteiger partial charge >= 0.3 is 5.97 Å². The molecule has 0 unspecified atom stereocenters. The summed E-state index contributed by atoms with van der Waals surface area (Å²) in [5.41, 5.74) is 7.41. The van der Waals surface area contributed by atoms with Gasteiger partial charge in [0.25, 0.3) is 0 Å². The second kappa shape index (κ2) is 3.95. The third-order valence-corrected chi connectivity index (χ3v) is 3.48. The number of rotatable bonds is 2. The van der Waals surface area contributed by atoms with Gasteiger partial charge in [-0.2, -0.15) is 0 Å². The Hall–Kier alpha value is -1.71. The Bertz CT molecular complexity index is 455. The molecule has 0 bridgehead atoms. The highest BCUT2D eigenvalue weighted by atomic mass is 16.4. The van der Waals surface area contributed by atoms with Crippen molar-refractivity contribution in [3.8, 4) is 0 Å². The first-order valence-electron chi connectivity index (χ1n) is 5.82. The topological polar surface area (TPSA) is 66.6 Å². The smallest absolute Gasteiger partial charge is 0.337 e. The molecule has 3 N–H and O–H groups in total. The van der Waals surface area contributed by atoms with Gasteiger partial charge in [-0.25, -0.2) is 4.79 Å². The lowest BCUT2D eigenvalue weighted by Crippen LogP contribution is -2.38. The molecule has 0 spiro atoms. The van der Waals surface area contributed by atoms with Gasteiger partial charge in [-0.1, -0.05) is 0 Å². The summed E-state index contributed by atoms with van der Waals surface area (Å²) in [6.07, 6.45) is 2.31. The van der Waals surface area contributed by atoms with Gasteiger partial charge in [0.2, 0.25) is 0 Å². The van der Waals surface area contributed by atoms with Crippen molar-refractivity contribution in [1.82, 2.24) is 0 Å². The van der Waals surface area contributed by atoms with Gasteiger partial charge in [0.05, 0.1) is 5.56 Å². The molecule has 4 heteroatoms. The molecule has 1 fully saturated rings. The van der Waals surface area contributed by atoms with Crippen molar-refractivity contribution >= 4 is 17.3 Å². The van der Waals surface area contributed by atoms with Crippen LogP contribution >= 0.6 is 0 Å². The second-order valence-corrected chi connectivity index (χ2v) is 5.14. The highest BCUT2D eigenvalue weighted by molar-refractivity contribution is 5.94. The van der Waals surface area contributed by atoms with Gasteiger partial charge in [0.1, 0.15) is 0 Å². The minimum atomic E-state index is -0.977. The molecule has 1 aromatic carbocycles.